The molecule has 3 N–H and O–H groups in total. The van der Waals surface area contributed by atoms with E-state index in [4.69, 9.17) is 5.84 Å². The maximum absolute atomic E-state index is 10.5. The number of hydrogen-bond acceptors (Lipinski definition) is 3. The van der Waals surface area contributed by atoms with Gasteiger partial charge in [-0.05, 0) is 0 Å². The summed E-state index contributed by atoms with van der Waals surface area (Å²) in [7, 11) is 3.64. The van der Waals surface area contributed by atoms with Crippen molar-refractivity contribution in [1.82, 2.24) is 5.53 Å². The van der Waals surface area contributed by atoms with Crippen LogP contribution in [0.3, 0.4) is 0 Å². The van der Waals surface area contributed by atoms with Crippen molar-refractivity contribution in [2.24, 2.45) is 5.84 Å². The van der Waals surface area contributed by atoms with Crippen molar-refractivity contribution in [1.29, 1.82) is 0 Å². The molecule has 0 saturated carbocycles. The molecule has 0 aliphatic carbocycles. The minimum Gasteiger partial charge on any atom is -1.00 e. The van der Waals surface area contributed by atoms with Crippen LogP contribution in [-0.4, -0.2) is 31.0 Å². The summed E-state index contributed by atoms with van der Waals surface area (Å²) in [6, 6.07) is 0. The zero-order valence-corrected chi connectivity index (χ0v) is 7.27. The molecule has 0 rings (SSSR count). The molecule has 0 spiro atoms. The highest BCUT2D eigenvalue weighted by atomic mass is 35.5. The zero-order chi connectivity index (χ0) is 7.49. The largest absolute Gasteiger partial charge is 1.00 e. The van der Waals surface area contributed by atoms with E-state index >= 15 is 0 Å². The second-order valence-corrected chi connectivity index (χ2v) is 2.67. The first kappa shape index (κ1) is 12.5. The number of halogens is 1. The Bertz CT molecular complexity index is 115. The van der Waals surface area contributed by atoms with Gasteiger partial charge in [-0.1, -0.05) is 0 Å². The van der Waals surface area contributed by atoms with Gasteiger partial charge in [0.2, 0.25) is 0 Å². The summed E-state index contributed by atoms with van der Waals surface area (Å²) in [5.41, 5.74) is 2.49. The molecular formula is C5H14ClN3O. The fraction of sp³-hybridized carbons (Fsp3) is 0.800. The summed E-state index contributed by atoms with van der Waals surface area (Å²) in [5, 5.41) is 0. The molecule has 0 bridgehead atoms. The van der Waals surface area contributed by atoms with Gasteiger partial charge in [0.15, 0.2) is 12.3 Å². The number of nitrogens with two attached hydrogens (primary N) is 1. The van der Waals surface area contributed by atoms with Crippen LogP contribution < -0.4 is 23.8 Å². The van der Waals surface area contributed by atoms with Crippen molar-refractivity contribution >= 4 is 5.78 Å². The second-order valence-electron chi connectivity index (χ2n) is 2.67. The highest BCUT2D eigenvalue weighted by molar-refractivity contribution is 5.76. The number of nitrogens with zero attached hydrogens (tertiary/aromatic N) is 1. The topological polar surface area (TPSA) is 55.1 Å². The molecule has 4 nitrogen and oxygen atoms in total. The average molecular weight is 168 g/mol. The van der Waals surface area contributed by atoms with E-state index in [9.17, 15) is 4.79 Å². The summed E-state index contributed by atoms with van der Waals surface area (Å²) in [4.78, 5) is 10.5. The number of hydrazine groups is 1. The van der Waals surface area contributed by atoms with Gasteiger partial charge in [-0.2, -0.15) is 0 Å². The lowest BCUT2D eigenvalue weighted by atomic mass is 10.4. The molecule has 0 fully saturated rings. The van der Waals surface area contributed by atoms with Crippen LogP contribution >= 0.6 is 0 Å². The van der Waals surface area contributed by atoms with Crippen LogP contribution in [-0.2, 0) is 4.79 Å². The van der Waals surface area contributed by atoms with E-state index in [-0.39, 0.29) is 18.2 Å². The molecule has 0 amide bonds. The lowest BCUT2D eigenvalue weighted by molar-refractivity contribution is -0.928. The molecule has 0 aliphatic rings. The number of Topliss-reactive ketones (excluding diaryl/α,β-unsaturated/α-hetero) is 1. The molecule has 0 radical (unpaired) electrons. The van der Waals surface area contributed by atoms with E-state index in [2.05, 4.69) is 5.53 Å². The van der Waals surface area contributed by atoms with Crippen LogP contribution in [0.1, 0.15) is 6.92 Å². The molecule has 62 valence electrons. The third kappa shape index (κ3) is 5.97. The van der Waals surface area contributed by atoms with Crippen LogP contribution in [0, 0.1) is 0 Å². The molecule has 0 aromatic heterocycles. The number of rotatable bonds is 3. The van der Waals surface area contributed by atoms with Crippen molar-refractivity contribution in [2.45, 2.75) is 6.92 Å². The van der Waals surface area contributed by atoms with E-state index in [1.54, 1.807) is 0 Å². The molecule has 0 heterocycles. The quantitative estimate of drug-likeness (QED) is 0.256. The Morgan fingerprint density at radius 3 is 2.10 bits per heavy atom. The van der Waals surface area contributed by atoms with E-state index < -0.39 is 0 Å². The van der Waals surface area contributed by atoms with Gasteiger partial charge < -0.3 is 12.4 Å². The SMILES string of the molecule is CC(=O)C[N+](C)(C)NN.[Cl-]. The molecule has 0 aromatic carbocycles. The summed E-state index contributed by atoms with van der Waals surface area (Å²) in [6.45, 7) is 1.95. The average Bonchev–Trinajstić information content (AvgIpc) is 1.63. The Hall–Kier alpha value is -0.160. The first-order valence-corrected chi connectivity index (χ1v) is 2.78. The lowest BCUT2D eigenvalue weighted by Gasteiger charge is -2.24. The molecule has 0 unspecified atom stereocenters. The van der Waals surface area contributed by atoms with Crippen molar-refractivity contribution in [2.75, 3.05) is 20.6 Å². The maximum atomic E-state index is 10.5. The first-order chi connectivity index (χ1) is 3.98. The standard InChI is InChI=1S/C5H14N3O.ClH/c1-5(9)4-8(2,3)7-6;/h7H,4,6H2,1-3H3;1H/q+1;/p-1. The highest BCUT2D eigenvalue weighted by Crippen LogP contribution is 1.86. The van der Waals surface area contributed by atoms with Gasteiger partial charge in [0.1, 0.15) is 0 Å². The lowest BCUT2D eigenvalue weighted by Crippen LogP contribution is -3.00. The zero-order valence-electron chi connectivity index (χ0n) is 6.52. The Morgan fingerprint density at radius 2 is 2.00 bits per heavy atom. The number of ketones is 1. The predicted octanol–water partition coefficient (Wildman–Crippen LogP) is -3.97. The highest BCUT2D eigenvalue weighted by Gasteiger charge is 2.14. The minimum absolute atomic E-state index is 0. The number of likely N-dealkylation sites (N-methyl/N-ethyl adjacent to an activating group) is 1. The van der Waals surface area contributed by atoms with Crippen LogP contribution in [0.25, 0.3) is 0 Å². The van der Waals surface area contributed by atoms with Crippen molar-refractivity contribution in [3.8, 4) is 0 Å². The van der Waals surface area contributed by atoms with Gasteiger partial charge in [0.25, 0.3) is 0 Å². The Morgan fingerprint density at radius 1 is 1.60 bits per heavy atom. The van der Waals surface area contributed by atoms with Crippen LogP contribution in [0.4, 0.5) is 0 Å². The van der Waals surface area contributed by atoms with E-state index in [0.717, 1.165) is 0 Å². The number of quaternary nitrogens is 1. The molecule has 0 aliphatic heterocycles. The van der Waals surface area contributed by atoms with E-state index in [1.165, 1.54) is 6.92 Å². The van der Waals surface area contributed by atoms with Gasteiger partial charge in [-0.15, -0.1) is 5.53 Å². The van der Waals surface area contributed by atoms with Gasteiger partial charge in [0.05, 0.1) is 14.1 Å². The summed E-state index contributed by atoms with van der Waals surface area (Å²) in [6.07, 6.45) is 0. The van der Waals surface area contributed by atoms with E-state index in [1.807, 2.05) is 14.1 Å². The smallest absolute Gasteiger partial charge is 0.185 e. The second kappa shape index (κ2) is 4.62. The molecule has 10 heavy (non-hydrogen) atoms. The summed E-state index contributed by atoms with van der Waals surface area (Å²) < 4.78 is 0.329. The monoisotopic (exact) mass is 167 g/mol. The fourth-order valence-electron chi connectivity index (χ4n) is 0.602. The summed E-state index contributed by atoms with van der Waals surface area (Å²) >= 11 is 0. The Balaban J connectivity index is 0. The third-order valence-electron chi connectivity index (χ3n) is 0.967. The van der Waals surface area contributed by atoms with Crippen LogP contribution in [0.5, 0.6) is 0 Å². The van der Waals surface area contributed by atoms with Crippen LogP contribution in [0.2, 0.25) is 0 Å². The van der Waals surface area contributed by atoms with Crippen molar-refractivity contribution in [3.05, 3.63) is 0 Å². The molecule has 5 heteroatoms. The minimum atomic E-state index is 0. The summed E-state index contributed by atoms with van der Waals surface area (Å²) in [5.74, 6) is 5.25. The Kier molecular flexibility index (Phi) is 5.78. The van der Waals surface area contributed by atoms with Gasteiger partial charge in [-0.25, -0.2) is 10.4 Å². The van der Waals surface area contributed by atoms with Gasteiger partial charge in [-0.3, -0.25) is 4.79 Å². The normalized spacial score (nSPS) is 10.4. The molecule has 0 saturated heterocycles. The van der Waals surface area contributed by atoms with Crippen molar-refractivity contribution < 1.29 is 21.8 Å². The van der Waals surface area contributed by atoms with E-state index in [0.29, 0.717) is 11.1 Å². The maximum Gasteiger partial charge on any atom is 0.185 e. The first-order valence-electron chi connectivity index (χ1n) is 2.78. The molecular weight excluding hydrogens is 154 g/mol. The number of nitrogens with one attached hydrogen (secondary N) is 1. The van der Waals surface area contributed by atoms with Gasteiger partial charge in [0, 0.05) is 6.92 Å². The third-order valence-corrected chi connectivity index (χ3v) is 0.967. The Labute approximate surface area is 67.3 Å². The number of carbonyl (C=O) groups excluding carboxylic acids is 1. The molecule has 0 aromatic rings. The number of carbonyl (C=O) groups is 1. The van der Waals surface area contributed by atoms with Crippen LogP contribution in [0.15, 0.2) is 0 Å². The fourth-order valence-corrected chi connectivity index (χ4v) is 0.602. The van der Waals surface area contributed by atoms with Gasteiger partial charge >= 0.3 is 0 Å². The predicted molar refractivity (Wildman–Crippen MR) is 35.0 cm³/mol. The molecule has 0 atom stereocenters. The van der Waals surface area contributed by atoms with Crippen molar-refractivity contribution in [3.63, 3.8) is 0 Å². The number of hydrogen-bond donors (Lipinski definition) is 2.